The van der Waals surface area contributed by atoms with Crippen LogP contribution in [0.3, 0.4) is 0 Å². The minimum atomic E-state index is -0.724. The third kappa shape index (κ3) is 21.0. The topological polar surface area (TPSA) is 184 Å². The number of carbonyl (C=O) groups is 6. The van der Waals surface area contributed by atoms with Crippen LogP contribution in [-0.4, -0.2) is 129 Å². The lowest BCUT2D eigenvalue weighted by molar-refractivity contribution is -0.163. The highest BCUT2D eigenvalue weighted by Gasteiger charge is 2.43. The molecule has 7 rings (SSSR count). The lowest BCUT2D eigenvalue weighted by atomic mass is 9.85. The number of hydrogen-bond donors (Lipinski definition) is 0. The summed E-state index contributed by atoms with van der Waals surface area (Å²) in [6.45, 7) is 37.3. The summed E-state index contributed by atoms with van der Waals surface area (Å²) in [5, 5.41) is 0.882. The number of fused-ring (bicyclic) bond motifs is 1. The van der Waals surface area contributed by atoms with Crippen molar-refractivity contribution in [1.29, 1.82) is 0 Å². The molecule has 88 heavy (non-hydrogen) atoms. The number of hydrogen-bond acceptors (Lipinski definition) is 14. The van der Waals surface area contributed by atoms with Gasteiger partial charge >= 0.3 is 36.2 Å². The largest absolute Gasteiger partial charge is 0.460 e. The Morgan fingerprint density at radius 2 is 0.761 bits per heavy atom. The number of ether oxygens (including phenoxy) is 6. The van der Waals surface area contributed by atoms with Crippen molar-refractivity contribution in [2.45, 2.75) is 216 Å². The van der Waals surface area contributed by atoms with Crippen LogP contribution in [0.2, 0.25) is 0 Å². The third-order valence-corrected chi connectivity index (χ3v) is 15.7. The van der Waals surface area contributed by atoms with Crippen LogP contribution in [-0.2, 0) is 81.7 Å². The minimum absolute atomic E-state index is 0.148. The molecule has 3 aliphatic rings. The van der Waals surface area contributed by atoms with Crippen molar-refractivity contribution in [2.24, 2.45) is 35.5 Å². The van der Waals surface area contributed by atoms with E-state index in [1.54, 1.807) is 14.7 Å². The number of esters is 3. The summed E-state index contributed by atoms with van der Waals surface area (Å²) in [7, 11) is 0. The smallest absolute Gasteiger partial charge is 0.410 e. The molecule has 4 aromatic rings. The highest BCUT2D eigenvalue weighted by Crippen LogP contribution is 2.37. The molecule has 4 heterocycles. The second kappa shape index (κ2) is 27.6. The van der Waals surface area contributed by atoms with Crippen molar-refractivity contribution in [2.75, 3.05) is 39.3 Å². The van der Waals surface area contributed by atoms with E-state index < -0.39 is 69.6 Å². The van der Waals surface area contributed by atoms with Crippen LogP contribution in [0.5, 0.6) is 0 Å². The zero-order valence-corrected chi connectivity index (χ0v) is 56.1. The molecular weight excluding hydrogens is 1120 g/mol. The summed E-state index contributed by atoms with van der Waals surface area (Å²) in [6.07, 6.45) is 1.89. The fourth-order valence-corrected chi connectivity index (χ4v) is 12.1. The summed E-state index contributed by atoms with van der Waals surface area (Å²) >= 11 is 0. The summed E-state index contributed by atoms with van der Waals surface area (Å²) in [5.74, 6) is -2.26. The van der Waals surface area contributed by atoms with Crippen LogP contribution in [0.4, 0.5) is 14.4 Å². The van der Waals surface area contributed by atoms with Gasteiger partial charge in [-0.25, -0.2) is 14.4 Å². The standard InChI is InChI=1S/C71H102N4O13/c1-66(2,3)83-60(76)56(51-28-31-73(42-51)63(79)86-69(10,11)12)36-46-22-19-24-48(34-46)40-72(41-49-25-20-23-47(35-49)37-57(61(77)84-67(4,5)6)52-29-32-74(43-52)64(80)87-70(13,14)15)45-54-39-55-50(26-21-27-59(55)82-54)38-58(62(78)85-68(7,8)9)53-30-33-75(44-53)65(81)88-71(16,17)18/h19-27,34-35,39,51-53,56-58H,28-33,36-38,40-45H2,1-18H3/t51-,52-,53-,56?,57?,58?/m0/s1. The Bertz CT molecular complexity index is 2960. The normalized spacial score (nSPS) is 18.9. The maximum absolute atomic E-state index is 14.3. The SMILES string of the molecule is CC(C)(C)OC(=O)C(Cc1cccc(CN(Cc2cccc(CC(C(=O)OC(C)(C)C)[C@H]3CCN(C(=O)OC(C)(C)C)C3)c2)Cc2cc3c(CC(C(=O)OC(C)(C)C)[C@H]4CCN(C(=O)OC(C)(C)C)C4)cccc3o2)c1)[C@H]1CCN(C(=O)OC(C)(C)C)C1. The molecule has 0 bridgehead atoms. The molecule has 0 N–H and O–H groups in total. The molecular formula is C71H102N4O13. The molecule has 3 unspecified atom stereocenters. The van der Waals surface area contributed by atoms with E-state index in [9.17, 15) is 28.8 Å². The zero-order valence-electron chi connectivity index (χ0n) is 56.1. The second-order valence-corrected chi connectivity index (χ2v) is 30.8. The first-order chi connectivity index (χ1) is 40.7. The van der Waals surface area contributed by atoms with Gasteiger partial charge in [0.1, 0.15) is 44.9 Å². The predicted molar refractivity (Wildman–Crippen MR) is 339 cm³/mol. The molecule has 0 radical (unpaired) electrons. The Kier molecular flexibility index (Phi) is 21.6. The van der Waals surface area contributed by atoms with E-state index in [2.05, 4.69) is 35.2 Å². The van der Waals surface area contributed by atoms with Crippen molar-refractivity contribution < 1.29 is 61.6 Å². The first-order valence-corrected chi connectivity index (χ1v) is 31.7. The summed E-state index contributed by atoms with van der Waals surface area (Å²) in [5.41, 5.74) is 1.41. The van der Waals surface area contributed by atoms with Crippen molar-refractivity contribution in [3.8, 4) is 0 Å². The van der Waals surface area contributed by atoms with Gasteiger partial charge in [-0.2, -0.15) is 0 Å². The van der Waals surface area contributed by atoms with E-state index in [-0.39, 0.29) is 35.7 Å². The fourth-order valence-electron chi connectivity index (χ4n) is 12.1. The molecule has 3 amide bonds. The van der Waals surface area contributed by atoms with E-state index in [0.717, 1.165) is 33.2 Å². The average Bonchev–Trinajstić information content (AvgIpc) is 4.15. The van der Waals surface area contributed by atoms with Crippen LogP contribution in [0, 0.1) is 35.5 Å². The number of likely N-dealkylation sites (tertiary alicyclic amines) is 3. The van der Waals surface area contributed by atoms with Gasteiger partial charge in [0.25, 0.3) is 0 Å². The number of benzene rings is 3. The van der Waals surface area contributed by atoms with Gasteiger partial charge in [0.2, 0.25) is 0 Å². The number of carbonyl (C=O) groups excluding carboxylic acids is 6. The Morgan fingerprint density at radius 1 is 0.432 bits per heavy atom. The Labute approximate surface area is 523 Å². The summed E-state index contributed by atoms with van der Waals surface area (Å²) in [6, 6.07) is 24.6. The lowest BCUT2D eigenvalue weighted by Crippen LogP contribution is -2.38. The number of furan rings is 1. The molecule has 1 aromatic heterocycles. The molecule has 6 atom stereocenters. The predicted octanol–water partition coefficient (Wildman–Crippen LogP) is 13.9. The molecule has 0 aliphatic carbocycles. The van der Waals surface area contributed by atoms with Gasteiger partial charge in [-0.15, -0.1) is 0 Å². The monoisotopic (exact) mass is 1220 g/mol. The zero-order chi connectivity index (χ0) is 64.9. The quantitative estimate of drug-likeness (QED) is 0.0677. The molecule has 3 aliphatic heterocycles. The van der Waals surface area contributed by atoms with E-state index in [1.165, 1.54) is 0 Å². The molecule has 484 valence electrons. The van der Waals surface area contributed by atoms with Gasteiger partial charge in [0, 0.05) is 57.7 Å². The molecule has 17 heteroatoms. The van der Waals surface area contributed by atoms with Crippen LogP contribution in [0.25, 0.3) is 11.0 Å². The van der Waals surface area contributed by atoms with Crippen molar-refractivity contribution in [1.82, 2.24) is 19.6 Å². The number of nitrogens with zero attached hydrogens (tertiary/aromatic N) is 4. The van der Waals surface area contributed by atoms with Crippen LogP contribution in [0.1, 0.15) is 177 Å². The Hall–Kier alpha value is -6.62. The van der Waals surface area contributed by atoms with E-state index in [4.69, 9.17) is 32.8 Å². The second-order valence-electron chi connectivity index (χ2n) is 30.8. The molecule has 0 spiro atoms. The highest BCUT2D eigenvalue weighted by atomic mass is 16.6. The van der Waals surface area contributed by atoms with Crippen LogP contribution < -0.4 is 0 Å². The molecule has 3 fully saturated rings. The van der Waals surface area contributed by atoms with Crippen molar-refractivity contribution in [3.63, 3.8) is 0 Å². The van der Waals surface area contributed by atoms with Gasteiger partial charge in [-0.05, 0) is 221 Å². The number of rotatable bonds is 18. The van der Waals surface area contributed by atoms with Crippen LogP contribution in [0.15, 0.2) is 77.2 Å². The van der Waals surface area contributed by atoms with Gasteiger partial charge < -0.3 is 47.5 Å². The van der Waals surface area contributed by atoms with Gasteiger partial charge in [0.15, 0.2) is 0 Å². The first-order valence-electron chi connectivity index (χ1n) is 31.7. The fraction of sp³-hybridized carbons (Fsp3) is 0.634. The van der Waals surface area contributed by atoms with Gasteiger partial charge in [0.05, 0.1) is 24.3 Å². The molecule has 0 saturated carbocycles. The van der Waals surface area contributed by atoms with E-state index in [0.29, 0.717) is 109 Å². The summed E-state index contributed by atoms with van der Waals surface area (Å²) in [4.78, 5) is 89.8. The van der Waals surface area contributed by atoms with Crippen LogP contribution >= 0.6 is 0 Å². The average molecular weight is 1220 g/mol. The third-order valence-electron chi connectivity index (χ3n) is 15.7. The minimum Gasteiger partial charge on any atom is -0.460 e. The lowest BCUT2D eigenvalue weighted by Gasteiger charge is -2.28. The van der Waals surface area contributed by atoms with Crippen molar-refractivity contribution in [3.05, 3.63) is 106 Å². The maximum atomic E-state index is 14.3. The van der Waals surface area contributed by atoms with Gasteiger partial charge in [-0.1, -0.05) is 60.7 Å². The Morgan fingerprint density at radius 3 is 1.11 bits per heavy atom. The number of amides is 3. The Balaban J connectivity index is 1.20. The molecule has 17 nitrogen and oxygen atoms in total. The maximum Gasteiger partial charge on any atom is 0.410 e. The highest BCUT2D eigenvalue weighted by molar-refractivity contribution is 5.83. The van der Waals surface area contributed by atoms with Gasteiger partial charge in [-0.3, -0.25) is 19.3 Å². The molecule has 3 aromatic carbocycles. The summed E-state index contributed by atoms with van der Waals surface area (Å²) < 4.78 is 42.2. The molecule has 3 saturated heterocycles. The van der Waals surface area contributed by atoms with E-state index in [1.807, 2.05) is 167 Å². The first kappa shape index (κ1) is 68.9. The van der Waals surface area contributed by atoms with E-state index >= 15 is 0 Å². The van der Waals surface area contributed by atoms with Crippen molar-refractivity contribution >= 4 is 47.2 Å².